The summed E-state index contributed by atoms with van der Waals surface area (Å²) in [5.41, 5.74) is 0.803. The quantitative estimate of drug-likeness (QED) is 0.271. The number of nitrogens with one attached hydrogen (secondary N) is 1. The van der Waals surface area contributed by atoms with Crippen molar-refractivity contribution in [1.29, 1.82) is 0 Å². The number of hydrogen-bond donors (Lipinski definition) is 1. The van der Waals surface area contributed by atoms with Gasteiger partial charge in [-0.25, -0.2) is 8.42 Å². The average Bonchev–Trinajstić information content (AvgIpc) is 3.52. The molecule has 3 aromatic carbocycles. The largest absolute Gasteiger partial charge is 0.497 e. The van der Waals surface area contributed by atoms with Gasteiger partial charge in [0, 0.05) is 12.6 Å². The zero-order valence-corrected chi connectivity index (χ0v) is 26.6. The minimum Gasteiger partial charge on any atom is -0.497 e. The number of carbonyl (C=O) groups excluding carboxylic acids is 2. The fourth-order valence-electron chi connectivity index (χ4n) is 5.03. The second kappa shape index (κ2) is 14.3. The Labute approximate surface area is 262 Å². The van der Waals surface area contributed by atoms with Gasteiger partial charge in [0.2, 0.25) is 11.8 Å². The molecule has 12 heteroatoms. The summed E-state index contributed by atoms with van der Waals surface area (Å²) < 4.78 is 39.8. The third-order valence-corrected chi connectivity index (χ3v) is 10.00. The number of hydrogen-bond acceptors (Lipinski definition) is 6. The number of halogens is 2. The minimum atomic E-state index is -4.28. The third-order valence-electron chi connectivity index (χ3n) is 7.49. The standard InChI is InChI=1S/C31H35Cl2N3O6S/c1-21(31(38)34-23-8-4-5-9-23)35(19-22-12-17-26(32)27(33)18-22)30(37)20-36(28-10-6-7-11-29(28)42-3)43(39,40)25-15-13-24(41-2)14-16-25/h6-7,10-18,21,23H,4-5,8-9,19-20H2,1-3H3,(H,34,38)/t21-/m0/s1. The molecule has 0 aromatic heterocycles. The maximum atomic E-state index is 14.2. The van der Waals surface area contributed by atoms with Crippen LogP contribution in [0.2, 0.25) is 10.0 Å². The molecule has 230 valence electrons. The van der Waals surface area contributed by atoms with E-state index < -0.39 is 28.5 Å². The van der Waals surface area contributed by atoms with Crippen LogP contribution in [0.1, 0.15) is 38.2 Å². The van der Waals surface area contributed by atoms with Gasteiger partial charge in [-0.2, -0.15) is 0 Å². The Morgan fingerprint density at radius 3 is 2.26 bits per heavy atom. The van der Waals surface area contributed by atoms with E-state index in [1.54, 1.807) is 49.4 Å². The maximum absolute atomic E-state index is 14.2. The molecule has 3 aromatic rings. The van der Waals surface area contributed by atoms with E-state index in [2.05, 4.69) is 5.32 Å². The molecule has 0 heterocycles. The first-order valence-corrected chi connectivity index (χ1v) is 16.1. The summed E-state index contributed by atoms with van der Waals surface area (Å²) in [6, 6.07) is 16.5. The third kappa shape index (κ3) is 7.74. The van der Waals surface area contributed by atoms with E-state index in [-0.39, 0.29) is 34.8 Å². The van der Waals surface area contributed by atoms with E-state index in [0.717, 1.165) is 30.0 Å². The highest BCUT2D eigenvalue weighted by atomic mass is 35.5. The van der Waals surface area contributed by atoms with Crippen LogP contribution in [-0.2, 0) is 26.2 Å². The lowest BCUT2D eigenvalue weighted by Gasteiger charge is -2.33. The van der Waals surface area contributed by atoms with Crippen LogP contribution in [0.5, 0.6) is 11.5 Å². The number of methoxy groups -OCH3 is 2. The zero-order valence-electron chi connectivity index (χ0n) is 24.3. The molecule has 0 saturated heterocycles. The van der Waals surface area contributed by atoms with E-state index in [4.69, 9.17) is 32.7 Å². The van der Waals surface area contributed by atoms with Gasteiger partial charge in [0.05, 0.1) is 34.8 Å². The Balaban J connectivity index is 1.72. The number of rotatable bonds is 12. The van der Waals surface area contributed by atoms with Crippen molar-refractivity contribution in [2.45, 2.75) is 56.1 Å². The van der Waals surface area contributed by atoms with Gasteiger partial charge in [0.15, 0.2) is 0 Å². The van der Waals surface area contributed by atoms with Crippen molar-refractivity contribution < 1.29 is 27.5 Å². The van der Waals surface area contributed by atoms with Crippen LogP contribution in [0, 0.1) is 0 Å². The molecule has 0 radical (unpaired) electrons. The van der Waals surface area contributed by atoms with E-state index in [1.165, 1.54) is 43.4 Å². The molecule has 1 saturated carbocycles. The van der Waals surface area contributed by atoms with Crippen molar-refractivity contribution in [1.82, 2.24) is 10.2 Å². The molecular weight excluding hydrogens is 613 g/mol. The van der Waals surface area contributed by atoms with Crippen molar-refractivity contribution in [3.63, 3.8) is 0 Å². The van der Waals surface area contributed by atoms with Gasteiger partial charge in [-0.05, 0) is 73.9 Å². The van der Waals surface area contributed by atoms with E-state index in [0.29, 0.717) is 21.4 Å². The molecule has 0 bridgehead atoms. The number of para-hydroxylation sites is 2. The molecule has 2 amide bonds. The van der Waals surface area contributed by atoms with Gasteiger partial charge < -0.3 is 19.7 Å². The van der Waals surface area contributed by atoms with Gasteiger partial charge >= 0.3 is 0 Å². The van der Waals surface area contributed by atoms with Crippen molar-refractivity contribution in [3.05, 3.63) is 82.3 Å². The van der Waals surface area contributed by atoms with E-state index in [1.807, 2.05) is 0 Å². The Morgan fingerprint density at radius 1 is 0.953 bits per heavy atom. The Bertz CT molecular complexity index is 1550. The van der Waals surface area contributed by atoms with Gasteiger partial charge in [-0.3, -0.25) is 13.9 Å². The summed E-state index contributed by atoms with van der Waals surface area (Å²) in [6.07, 6.45) is 3.81. The summed E-state index contributed by atoms with van der Waals surface area (Å²) in [5, 5.41) is 3.70. The van der Waals surface area contributed by atoms with Gasteiger partial charge in [0.1, 0.15) is 24.1 Å². The summed E-state index contributed by atoms with van der Waals surface area (Å²) in [5.74, 6) is -0.172. The van der Waals surface area contributed by atoms with Gasteiger partial charge in [-0.1, -0.05) is 54.2 Å². The minimum absolute atomic E-state index is 0.00266. The summed E-state index contributed by atoms with van der Waals surface area (Å²) >= 11 is 12.4. The van der Waals surface area contributed by atoms with Crippen LogP contribution in [0.25, 0.3) is 0 Å². The molecule has 0 aliphatic heterocycles. The van der Waals surface area contributed by atoms with Crippen LogP contribution >= 0.6 is 23.2 Å². The van der Waals surface area contributed by atoms with Gasteiger partial charge in [-0.15, -0.1) is 0 Å². The topological polar surface area (TPSA) is 105 Å². The lowest BCUT2D eigenvalue weighted by molar-refractivity contribution is -0.139. The average molecular weight is 649 g/mol. The molecule has 1 fully saturated rings. The highest BCUT2D eigenvalue weighted by Gasteiger charge is 2.34. The van der Waals surface area contributed by atoms with E-state index in [9.17, 15) is 18.0 Å². The molecule has 1 aliphatic rings. The first-order chi connectivity index (χ1) is 20.5. The number of ether oxygens (including phenoxy) is 2. The van der Waals surface area contributed by atoms with Crippen LogP contribution in [0.15, 0.2) is 71.6 Å². The highest BCUT2D eigenvalue weighted by molar-refractivity contribution is 7.92. The first kappa shape index (κ1) is 32.4. The molecular formula is C31H35Cl2N3O6S. The van der Waals surface area contributed by atoms with Crippen LogP contribution in [0.3, 0.4) is 0 Å². The zero-order chi connectivity index (χ0) is 31.1. The molecule has 1 N–H and O–H groups in total. The number of nitrogens with zero attached hydrogens (tertiary/aromatic N) is 2. The smallest absolute Gasteiger partial charge is 0.264 e. The molecule has 1 atom stereocenters. The highest BCUT2D eigenvalue weighted by Crippen LogP contribution is 2.33. The van der Waals surface area contributed by atoms with Crippen LogP contribution < -0.4 is 19.1 Å². The molecule has 9 nitrogen and oxygen atoms in total. The summed E-state index contributed by atoms with van der Waals surface area (Å²) in [4.78, 5) is 28.9. The Kier molecular flexibility index (Phi) is 10.8. The summed E-state index contributed by atoms with van der Waals surface area (Å²) in [7, 11) is -1.38. The van der Waals surface area contributed by atoms with Crippen molar-refractivity contribution in [2.75, 3.05) is 25.1 Å². The Hall–Kier alpha value is -3.47. The van der Waals surface area contributed by atoms with Gasteiger partial charge in [0.25, 0.3) is 10.0 Å². The first-order valence-electron chi connectivity index (χ1n) is 13.9. The number of benzene rings is 3. The normalized spacial score (nSPS) is 14.2. The SMILES string of the molecule is COc1ccc(S(=O)(=O)N(CC(=O)N(Cc2ccc(Cl)c(Cl)c2)[C@@H](C)C(=O)NC2CCCC2)c2ccccc2OC)cc1. The number of amides is 2. The molecule has 0 spiro atoms. The number of carbonyl (C=O) groups is 2. The van der Waals surface area contributed by atoms with Crippen LogP contribution in [-0.4, -0.2) is 58.0 Å². The molecule has 1 aliphatic carbocycles. The predicted octanol–water partition coefficient (Wildman–Crippen LogP) is 5.68. The van der Waals surface area contributed by atoms with Crippen molar-refractivity contribution in [3.8, 4) is 11.5 Å². The maximum Gasteiger partial charge on any atom is 0.264 e. The predicted molar refractivity (Wildman–Crippen MR) is 167 cm³/mol. The fraction of sp³-hybridized carbons (Fsp3) is 0.355. The monoisotopic (exact) mass is 647 g/mol. The number of sulfonamides is 1. The fourth-order valence-corrected chi connectivity index (χ4v) is 6.78. The lowest BCUT2D eigenvalue weighted by Crippen LogP contribution is -2.52. The van der Waals surface area contributed by atoms with Crippen molar-refractivity contribution in [2.24, 2.45) is 0 Å². The summed E-state index contributed by atoms with van der Waals surface area (Å²) in [6.45, 7) is 1.03. The molecule has 4 rings (SSSR count). The van der Waals surface area contributed by atoms with Crippen molar-refractivity contribution >= 4 is 50.7 Å². The Morgan fingerprint density at radius 2 is 1.63 bits per heavy atom. The van der Waals surface area contributed by atoms with E-state index >= 15 is 0 Å². The second-order valence-electron chi connectivity index (χ2n) is 10.3. The molecule has 43 heavy (non-hydrogen) atoms. The number of anilines is 1. The van der Waals surface area contributed by atoms with Crippen LogP contribution in [0.4, 0.5) is 5.69 Å². The molecule has 0 unspecified atom stereocenters. The lowest BCUT2D eigenvalue weighted by atomic mass is 10.1. The second-order valence-corrected chi connectivity index (χ2v) is 13.0.